The van der Waals surface area contributed by atoms with Crippen molar-refractivity contribution in [3.8, 4) is 0 Å². The van der Waals surface area contributed by atoms with Gasteiger partial charge in [-0.2, -0.15) is 0 Å². The van der Waals surface area contributed by atoms with E-state index < -0.39 is 97.5 Å². The van der Waals surface area contributed by atoms with Crippen molar-refractivity contribution in [1.82, 2.24) is 0 Å². The Bertz CT molecular complexity index is 1580. The van der Waals surface area contributed by atoms with Gasteiger partial charge in [0.25, 0.3) is 0 Å². The zero-order valence-electron chi connectivity index (χ0n) is 51.4. The average Bonchev–Trinajstić information content (AvgIpc) is 3.41. The topological polar surface area (TPSA) is 237 Å². The van der Waals surface area contributed by atoms with Crippen LogP contribution in [0.25, 0.3) is 0 Å². The number of aliphatic hydroxyl groups excluding tert-OH is 1. The highest BCUT2D eigenvalue weighted by atomic mass is 31.2. The van der Waals surface area contributed by atoms with Crippen LogP contribution in [0.4, 0.5) is 0 Å². The van der Waals surface area contributed by atoms with Gasteiger partial charge in [-0.1, -0.05) is 247 Å². The zero-order chi connectivity index (χ0) is 59.4. The van der Waals surface area contributed by atoms with Crippen LogP contribution in [0.3, 0.4) is 0 Å². The van der Waals surface area contributed by atoms with Crippen molar-refractivity contribution in [2.24, 2.45) is 11.8 Å². The molecule has 0 heterocycles. The monoisotopic (exact) mass is 1180 g/mol. The highest BCUT2D eigenvalue weighted by Crippen LogP contribution is 2.45. The zero-order valence-corrected chi connectivity index (χ0v) is 53.2. The third kappa shape index (κ3) is 55.3. The van der Waals surface area contributed by atoms with Crippen LogP contribution < -0.4 is 0 Å². The summed E-state index contributed by atoms with van der Waals surface area (Å²) in [5, 5.41) is 10.5. The lowest BCUT2D eigenvalue weighted by atomic mass is 10.0. The SMILES string of the molecule is CCCCCCCCCCC(=O)O[C@H](COC(=O)CCCCCCC)COP(=O)(O)OC[C@H](O)COP(=O)(O)OC[C@@H](COC(=O)CCCCCCCCCCCC(C)C)OC(=O)CCCCCCCCCCCCCCC(C)C. The molecule has 5 atom stereocenters. The molecule has 0 bridgehead atoms. The van der Waals surface area contributed by atoms with E-state index in [1.807, 2.05) is 0 Å². The molecule has 0 aliphatic heterocycles. The number of phosphoric ester groups is 2. The number of unbranched alkanes of at least 4 members (excludes halogenated alkanes) is 30. The minimum Gasteiger partial charge on any atom is -0.462 e. The summed E-state index contributed by atoms with van der Waals surface area (Å²) in [4.78, 5) is 71.8. The number of ether oxygens (including phenoxy) is 4. The second kappa shape index (κ2) is 53.8. The van der Waals surface area contributed by atoms with Gasteiger partial charge in [0.15, 0.2) is 12.2 Å². The van der Waals surface area contributed by atoms with E-state index in [0.29, 0.717) is 25.7 Å². The van der Waals surface area contributed by atoms with Gasteiger partial charge in [-0.3, -0.25) is 37.3 Å². The van der Waals surface area contributed by atoms with Crippen LogP contribution in [0.15, 0.2) is 0 Å². The molecule has 474 valence electrons. The Morgan fingerprint density at radius 3 is 0.850 bits per heavy atom. The largest absolute Gasteiger partial charge is 0.472 e. The minimum absolute atomic E-state index is 0.104. The van der Waals surface area contributed by atoms with Crippen molar-refractivity contribution >= 4 is 39.5 Å². The van der Waals surface area contributed by atoms with Gasteiger partial charge in [-0.05, 0) is 37.5 Å². The number of carbonyl (C=O) groups is 4. The van der Waals surface area contributed by atoms with E-state index in [9.17, 15) is 43.2 Å². The maximum Gasteiger partial charge on any atom is 0.472 e. The summed E-state index contributed by atoms with van der Waals surface area (Å²) in [6, 6.07) is 0. The van der Waals surface area contributed by atoms with Crippen LogP contribution in [-0.4, -0.2) is 96.7 Å². The number of hydrogen-bond acceptors (Lipinski definition) is 15. The van der Waals surface area contributed by atoms with Crippen molar-refractivity contribution in [1.29, 1.82) is 0 Å². The first kappa shape index (κ1) is 78.1. The molecule has 19 heteroatoms. The Kier molecular flexibility index (Phi) is 52.5. The molecule has 2 unspecified atom stereocenters. The lowest BCUT2D eigenvalue weighted by molar-refractivity contribution is -0.161. The molecule has 0 aromatic rings. The van der Waals surface area contributed by atoms with Crippen LogP contribution in [-0.2, 0) is 65.4 Å². The molecule has 0 spiro atoms. The standard InChI is InChI=1S/C61H118O17P2/c1-7-9-11-13-14-26-33-39-45-60(65)77-56(49-71-58(63)43-37-29-12-10-8-2)51-75-79(67,68)73-47-55(62)48-74-80(69,70)76-52-57(50-72-59(64)44-38-32-27-23-19-21-25-31-36-42-54(5)6)78-61(66)46-40-34-28-22-18-16-15-17-20-24-30-35-41-53(3)4/h53-57,62H,7-52H2,1-6H3,(H,67,68)(H,69,70)/t55-,56+,57+/m0/s1. The highest BCUT2D eigenvalue weighted by Gasteiger charge is 2.30. The van der Waals surface area contributed by atoms with E-state index in [1.165, 1.54) is 103 Å². The molecule has 0 aliphatic carbocycles. The third-order valence-corrected chi connectivity index (χ3v) is 15.9. The van der Waals surface area contributed by atoms with Crippen molar-refractivity contribution < 1.29 is 80.2 Å². The van der Waals surface area contributed by atoms with Gasteiger partial charge in [-0.15, -0.1) is 0 Å². The molecule has 0 rings (SSSR count). The van der Waals surface area contributed by atoms with Gasteiger partial charge in [0.1, 0.15) is 19.3 Å². The van der Waals surface area contributed by atoms with Crippen LogP contribution >= 0.6 is 15.6 Å². The van der Waals surface area contributed by atoms with E-state index >= 15 is 0 Å². The van der Waals surface area contributed by atoms with Crippen LogP contribution in [0.5, 0.6) is 0 Å². The summed E-state index contributed by atoms with van der Waals surface area (Å²) in [6.07, 6.45) is 35.2. The fourth-order valence-electron chi connectivity index (χ4n) is 9.00. The Labute approximate surface area is 486 Å². The summed E-state index contributed by atoms with van der Waals surface area (Å²) >= 11 is 0. The number of rotatable bonds is 60. The second-order valence-corrected chi connectivity index (χ2v) is 25.9. The van der Waals surface area contributed by atoms with Gasteiger partial charge >= 0.3 is 39.5 Å². The molecular weight excluding hydrogens is 1070 g/mol. The van der Waals surface area contributed by atoms with Gasteiger partial charge in [0.05, 0.1) is 26.4 Å². The summed E-state index contributed by atoms with van der Waals surface area (Å²) < 4.78 is 67.6. The molecule has 80 heavy (non-hydrogen) atoms. The average molecular weight is 1190 g/mol. The first-order chi connectivity index (χ1) is 38.4. The molecule has 0 aromatic carbocycles. The van der Waals surface area contributed by atoms with Crippen molar-refractivity contribution in [2.75, 3.05) is 39.6 Å². The Morgan fingerprint density at radius 2 is 0.575 bits per heavy atom. The summed E-state index contributed by atoms with van der Waals surface area (Å²) in [5.74, 6) is -0.631. The molecule has 0 aromatic heterocycles. The second-order valence-electron chi connectivity index (χ2n) is 23.0. The van der Waals surface area contributed by atoms with Gasteiger partial charge in [0.2, 0.25) is 0 Å². The maximum atomic E-state index is 12.9. The van der Waals surface area contributed by atoms with Crippen molar-refractivity contribution in [2.45, 2.75) is 317 Å². The van der Waals surface area contributed by atoms with Crippen LogP contribution in [0.1, 0.15) is 298 Å². The lowest BCUT2D eigenvalue weighted by Gasteiger charge is -2.21. The van der Waals surface area contributed by atoms with Crippen LogP contribution in [0, 0.1) is 11.8 Å². The molecule has 0 aliphatic rings. The van der Waals surface area contributed by atoms with E-state index in [1.54, 1.807) is 0 Å². The normalized spacial score (nSPS) is 14.4. The predicted molar refractivity (Wildman–Crippen MR) is 317 cm³/mol. The molecule has 0 radical (unpaired) electrons. The summed E-state index contributed by atoms with van der Waals surface area (Å²) in [7, 11) is -9.87. The van der Waals surface area contributed by atoms with E-state index in [4.69, 9.17) is 37.0 Å². The van der Waals surface area contributed by atoms with E-state index in [-0.39, 0.29) is 25.7 Å². The van der Waals surface area contributed by atoms with Gasteiger partial charge in [-0.25, -0.2) is 9.13 Å². The third-order valence-electron chi connectivity index (χ3n) is 14.0. The fraction of sp³-hybridized carbons (Fsp3) is 0.934. The van der Waals surface area contributed by atoms with Crippen molar-refractivity contribution in [3.63, 3.8) is 0 Å². The van der Waals surface area contributed by atoms with Gasteiger partial charge in [0, 0.05) is 25.7 Å². The molecule has 0 fully saturated rings. The Morgan fingerprint density at radius 1 is 0.338 bits per heavy atom. The molecule has 17 nitrogen and oxygen atoms in total. The minimum atomic E-state index is -4.94. The Balaban J connectivity index is 5.17. The number of phosphoric acid groups is 2. The summed E-state index contributed by atoms with van der Waals surface area (Å²) in [6.45, 7) is 9.35. The lowest BCUT2D eigenvalue weighted by Crippen LogP contribution is -2.30. The number of hydrogen-bond donors (Lipinski definition) is 3. The van der Waals surface area contributed by atoms with Gasteiger partial charge < -0.3 is 33.8 Å². The molecular formula is C61H118O17P2. The maximum absolute atomic E-state index is 12.9. The highest BCUT2D eigenvalue weighted by molar-refractivity contribution is 7.47. The fourth-order valence-corrected chi connectivity index (χ4v) is 10.6. The molecule has 0 saturated carbocycles. The number of esters is 4. The Hall–Kier alpha value is -1.94. The van der Waals surface area contributed by atoms with E-state index in [2.05, 4.69) is 41.5 Å². The number of aliphatic hydroxyl groups is 1. The van der Waals surface area contributed by atoms with E-state index in [0.717, 1.165) is 115 Å². The number of carbonyl (C=O) groups excluding carboxylic acids is 4. The first-order valence-electron chi connectivity index (χ1n) is 32.0. The van der Waals surface area contributed by atoms with Crippen LogP contribution in [0.2, 0.25) is 0 Å². The smallest absolute Gasteiger partial charge is 0.462 e. The summed E-state index contributed by atoms with van der Waals surface area (Å²) in [5.41, 5.74) is 0. The molecule has 0 saturated heterocycles. The quantitative estimate of drug-likeness (QED) is 0.0222. The van der Waals surface area contributed by atoms with Crippen molar-refractivity contribution in [3.05, 3.63) is 0 Å². The predicted octanol–water partition coefficient (Wildman–Crippen LogP) is 16.5. The molecule has 3 N–H and O–H groups in total. The molecule has 0 amide bonds. The first-order valence-corrected chi connectivity index (χ1v) is 35.0.